The predicted octanol–water partition coefficient (Wildman–Crippen LogP) is 1.14. The van der Waals surface area contributed by atoms with Crippen molar-refractivity contribution in [2.45, 2.75) is 26.1 Å². The highest BCUT2D eigenvalue weighted by molar-refractivity contribution is 6.00. The molecular weight excluding hydrogens is 196 g/mol. The average Bonchev–Trinajstić information content (AvgIpc) is 2.35. The highest BCUT2D eigenvalue weighted by Crippen LogP contribution is 2.31. The fourth-order valence-corrected chi connectivity index (χ4v) is 1.17. The van der Waals surface area contributed by atoms with Crippen molar-refractivity contribution in [3.05, 3.63) is 0 Å². The molecule has 0 saturated carbocycles. The van der Waals surface area contributed by atoms with E-state index in [-0.39, 0.29) is 0 Å². The fourth-order valence-electron chi connectivity index (χ4n) is 1.17. The summed E-state index contributed by atoms with van der Waals surface area (Å²) in [6.07, 6.45) is 1.51. The predicted molar refractivity (Wildman–Crippen MR) is 54.8 cm³/mol. The maximum Gasteiger partial charge on any atom is 0.324 e. The summed E-state index contributed by atoms with van der Waals surface area (Å²) in [6, 6.07) is 0. The molecule has 0 bridgehead atoms. The van der Waals surface area contributed by atoms with Crippen molar-refractivity contribution in [3.63, 3.8) is 0 Å². The smallest absolute Gasteiger partial charge is 0.324 e. The van der Waals surface area contributed by atoms with Gasteiger partial charge in [0.15, 0.2) is 5.41 Å². The van der Waals surface area contributed by atoms with Gasteiger partial charge in [0.1, 0.15) is 0 Å². The molecule has 0 aliphatic carbocycles. The van der Waals surface area contributed by atoms with Gasteiger partial charge in [-0.15, -0.1) is 12.3 Å². The van der Waals surface area contributed by atoms with Crippen LogP contribution in [0.4, 0.5) is 0 Å². The third-order valence-corrected chi connectivity index (χ3v) is 1.96. The molecule has 4 nitrogen and oxygen atoms in total. The number of ether oxygens (including phenoxy) is 2. The van der Waals surface area contributed by atoms with Gasteiger partial charge in [0.05, 0.1) is 14.2 Å². The van der Waals surface area contributed by atoms with Crippen LogP contribution in [0.5, 0.6) is 0 Å². The number of rotatable bonds is 5. The third-order valence-electron chi connectivity index (χ3n) is 1.96. The zero-order chi connectivity index (χ0) is 15.3. The molecule has 0 N–H and O–H groups in total. The summed E-state index contributed by atoms with van der Waals surface area (Å²) in [7, 11) is 2.07. The van der Waals surface area contributed by atoms with Gasteiger partial charge in [-0.05, 0) is 6.42 Å². The first-order chi connectivity index (χ1) is 8.67. The molecule has 15 heavy (non-hydrogen) atoms. The maximum atomic E-state index is 11.8. The van der Waals surface area contributed by atoms with Crippen LogP contribution in [0.1, 0.15) is 31.6 Å². The second kappa shape index (κ2) is 6.07. The lowest BCUT2D eigenvalue weighted by Crippen LogP contribution is -2.41. The van der Waals surface area contributed by atoms with Gasteiger partial charge in [0.25, 0.3) is 0 Å². The van der Waals surface area contributed by atoms with E-state index in [1.165, 1.54) is 0 Å². The van der Waals surface area contributed by atoms with E-state index in [1.807, 2.05) is 0 Å². The van der Waals surface area contributed by atoms with E-state index < -0.39 is 43.4 Å². The molecular formula is C11H16O4. The van der Waals surface area contributed by atoms with Crippen LogP contribution in [0.3, 0.4) is 0 Å². The zero-order valence-corrected chi connectivity index (χ0v) is 8.70. The monoisotopic (exact) mass is 216 g/mol. The Morgan fingerprint density at radius 3 is 2.33 bits per heavy atom. The number of methoxy groups -OCH3 is 2. The van der Waals surface area contributed by atoms with Crippen molar-refractivity contribution in [2.24, 2.45) is 5.41 Å². The van der Waals surface area contributed by atoms with E-state index in [1.54, 1.807) is 0 Å². The van der Waals surface area contributed by atoms with Crippen LogP contribution in [-0.2, 0) is 19.1 Å². The summed E-state index contributed by atoms with van der Waals surface area (Å²) < 4.78 is 38.4. The number of carbonyl (C=O) groups excluding carboxylic acids is 2. The molecule has 0 aromatic carbocycles. The summed E-state index contributed by atoms with van der Waals surface area (Å²) >= 11 is 0. The number of hydrogen-bond donors (Lipinski definition) is 0. The van der Waals surface area contributed by atoms with Gasteiger partial charge >= 0.3 is 11.9 Å². The Balaban J connectivity index is 5.67. The first-order valence-electron chi connectivity index (χ1n) is 6.28. The summed E-state index contributed by atoms with van der Waals surface area (Å²) in [4.78, 5) is 23.6. The van der Waals surface area contributed by atoms with Crippen molar-refractivity contribution in [1.82, 2.24) is 0 Å². The Hall–Kier alpha value is -1.50. The standard InChI is InChI=1S/C11H16O4/c1-5-7-11(8-6-2,9(12)14-3)10(13)15-4/h1H,6-8H2,2-4H3/i2D2,6D2. The van der Waals surface area contributed by atoms with Crippen LogP contribution in [-0.4, -0.2) is 26.2 Å². The summed E-state index contributed by atoms with van der Waals surface area (Å²) in [6.45, 7) is -1.89. The summed E-state index contributed by atoms with van der Waals surface area (Å²) in [5.41, 5.74) is -2.04. The van der Waals surface area contributed by atoms with Crippen LogP contribution in [0.2, 0.25) is 0 Å². The molecule has 0 heterocycles. The quantitative estimate of drug-likeness (QED) is 0.393. The van der Waals surface area contributed by atoms with Gasteiger partial charge in [-0.1, -0.05) is 13.2 Å². The minimum absolute atomic E-state index is 0.432. The minimum atomic E-state index is -2.42. The van der Waals surface area contributed by atoms with E-state index in [0.717, 1.165) is 14.2 Å². The van der Waals surface area contributed by atoms with Crippen LogP contribution in [0.25, 0.3) is 0 Å². The fraction of sp³-hybridized carbons (Fsp3) is 0.636. The van der Waals surface area contributed by atoms with Gasteiger partial charge in [0, 0.05) is 11.9 Å². The molecule has 0 fully saturated rings. The van der Waals surface area contributed by atoms with Gasteiger partial charge in [-0.3, -0.25) is 9.59 Å². The zero-order valence-electron chi connectivity index (χ0n) is 12.7. The molecule has 0 aromatic rings. The molecule has 0 atom stereocenters. The Kier molecular flexibility index (Phi) is 3.14. The normalized spacial score (nSPS) is 15.3. The molecule has 84 valence electrons. The van der Waals surface area contributed by atoms with E-state index >= 15 is 0 Å². The average molecular weight is 216 g/mol. The lowest BCUT2D eigenvalue weighted by atomic mass is 9.80. The van der Waals surface area contributed by atoms with E-state index in [9.17, 15) is 9.59 Å². The molecule has 0 rings (SSSR count). The molecule has 0 radical (unpaired) electrons. The Labute approximate surface area is 95.6 Å². The van der Waals surface area contributed by atoms with Crippen LogP contribution in [0, 0.1) is 17.8 Å². The second-order valence-corrected chi connectivity index (χ2v) is 2.83. The largest absolute Gasteiger partial charge is 0.468 e. The molecule has 0 aliphatic heterocycles. The second-order valence-electron chi connectivity index (χ2n) is 2.83. The molecule has 0 amide bonds. The Morgan fingerprint density at radius 2 is 2.00 bits per heavy atom. The van der Waals surface area contributed by atoms with Gasteiger partial charge < -0.3 is 9.47 Å². The Bertz CT molecular complexity index is 371. The van der Waals surface area contributed by atoms with Crippen LogP contribution in [0.15, 0.2) is 0 Å². The van der Waals surface area contributed by atoms with Crippen molar-refractivity contribution in [1.29, 1.82) is 0 Å². The van der Waals surface area contributed by atoms with E-state index in [0.29, 0.717) is 0 Å². The van der Waals surface area contributed by atoms with E-state index in [2.05, 4.69) is 15.4 Å². The Morgan fingerprint density at radius 1 is 1.47 bits per heavy atom. The van der Waals surface area contributed by atoms with Crippen molar-refractivity contribution in [2.75, 3.05) is 14.2 Å². The maximum absolute atomic E-state index is 11.8. The summed E-state index contributed by atoms with van der Waals surface area (Å²) in [5, 5.41) is 0. The SMILES string of the molecule is [2H]C([2H])C([2H])([2H])CC(CC#C)(C(=O)OC)C(=O)OC. The molecule has 0 unspecified atom stereocenters. The summed E-state index contributed by atoms with van der Waals surface area (Å²) in [5.74, 6) is 0.0299. The highest BCUT2D eigenvalue weighted by atomic mass is 16.5. The van der Waals surface area contributed by atoms with E-state index in [4.69, 9.17) is 11.9 Å². The van der Waals surface area contributed by atoms with Crippen molar-refractivity contribution < 1.29 is 24.5 Å². The lowest BCUT2D eigenvalue weighted by molar-refractivity contribution is -0.169. The van der Waals surface area contributed by atoms with Crippen LogP contribution < -0.4 is 0 Å². The third kappa shape index (κ3) is 2.72. The minimum Gasteiger partial charge on any atom is -0.468 e. The lowest BCUT2D eigenvalue weighted by Gasteiger charge is -2.25. The van der Waals surface area contributed by atoms with Crippen molar-refractivity contribution >= 4 is 11.9 Å². The number of esters is 2. The molecule has 0 aliphatic rings. The number of hydrogen-bond acceptors (Lipinski definition) is 4. The number of carbonyl (C=O) groups is 2. The highest BCUT2D eigenvalue weighted by Gasteiger charge is 2.46. The van der Waals surface area contributed by atoms with Gasteiger partial charge in [0.2, 0.25) is 0 Å². The first kappa shape index (κ1) is 7.75. The topological polar surface area (TPSA) is 52.6 Å². The van der Waals surface area contributed by atoms with Crippen LogP contribution >= 0.6 is 0 Å². The number of terminal acetylenes is 1. The molecule has 4 heteroatoms. The molecule has 0 saturated heterocycles. The molecule has 0 spiro atoms. The van der Waals surface area contributed by atoms with Gasteiger partial charge in [-0.2, -0.15) is 0 Å². The first-order valence-corrected chi connectivity index (χ1v) is 4.12. The van der Waals surface area contributed by atoms with Crippen molar-refractivity contribution in [3.8, 4) is 12.3 Å². The molecule has 0 aromatic heterocycles. The van der Waals surface area contributed by atoms with Gasteiger partial charge in [-0.25, -0.2) is 0 Å².